The van der Waals surface area contributed by atoms with Crippen LogP contribution in [0.15, 0.2) is 143 Å². The Balaban J connectivity index is 1.61. The Kier molecular flexibility index (Phi) is 12.5. The molecule has 6 aliphatic rings. The molecule has 0 saturated heterocycles. The number of hydrogen-bond donors (Lipinski definition) is 5. The van der Waals surface area contributed by atoms with Crippen LogP contribution in [0.5, 0.6) is 0 Å². The molecular weight excluding hydrogens is 745 g/mol. The van der Waals surface area contributed by atoms with Crippen molar-refractivity contribution < 1.29 is 49.0 Å². The van der Waals surface area contributed by atoms with E-state index in [2.05, 4.69) is 11.9 Å². The lowest BCUT2D eigenvalue weighted by atomic mass is 9.62. The van der Waals surface area contributed by atoms with Gasteiger partial charge in [-0.1, -0.05) is 24.8 Å². The van der Waals surface area contributed by atoms with Gasteiger partial charge >= 0.3 is 11.9 Å². The summed E-state index contributed by atoms with van der Waals surface area (Å²) in [5.74, 6) is -2.99. The van der Waals surface area contributed by atoms with Crippen LogP contribution >= 0.6 is 0 Å². The highest BCUT2D eigenvalue weighted by Gasteiger charge is 2.52. The molecule has 0 unspecified atom stereocenters. The van der Waals surface area contributed by atoms with E-state index in [1.54, 1.807) is 18.2 Å². The normalized spacial score (nSPS) is 23.1. The van der Waals surface area contributed by atoms with Gasteiger partial charge in [-0.05, 0) is 98.3 Å². The molecule has 58 heavy (non-hydrogen) atoms. The molecule has 6 rings (SSSR count). The molecule has 14 nitrogen and oxygen atoms in total. The topological polar surface area (TPSA) is 209 Å². The Labute approximate surface area is 336 Å². The Hall–Kier alpha value is -5.80. The van der Waals surface area contributed by atoms with Gasteiger partial charge in [-0.3, -0.25) is 14.4 Å². The highest BCUT2D eigenvalue weighted by molar-refractivity contribution is 6.18. The van der Waals surface area contributed by atoms with Crippen LogP contribution in [0, 0.1) is 11.3 Å². The monoisotopic (exact) mass is 792 g/mol. The summed E-state index contributed by atoms with van der Waals surface area (Å²) < 4.78 is 15.3. The van der Waals surface area contributed by atoms with E-state index in [1.807, 2.05) is 52.0 Å². The minimum Gasteiger partial charge on any atom is -0.510 e. The Bertz CT molecular complexity index is 2280. The third kappa shape index (κ3) is 7.75. The number of methoxy groups -OCH3 is 1. The first-order valence-electron chi connectivity index (χ1n) is 19.0. The van der Waals surface area contributed by atoms with E-state index in [9.17, 15) is 34.8 Å². The largest absolute Gasteiger partial charge is 0.510 e. The fraction of sp³-hybridized carbons (Fsp3) is 0.364. The third-order valence-corrected chi connectivity index (χ3v) is 11.2. The maximum absolute atomic E-state index is 13.7. The second-order valence-corrected chi connectivity index (χ2v) is 14.6. The summed E-state index contributed by atoms with van der Waals surface area (Å²) in [6, 6.07) is 0. The number of ketones is 1. The number of carbonyl (C=O) groups is 3. The zero-order valence-electron chi connectivity index (χ0n) is 33.3. The molecule has 5 heterocycles. The number of aliphatic imine (C=N–C) groups is 3. The van der Waals surface area contributed by atoms with E-state index in [4.69, 9.17) is 29.2 Å². The summed E-state index contributed by atoms with van der Waals surface area (Å²) >= 11 is 0. The molecule has 0 saturated carbocycles. The maximum atomic E-state index is 13.7. The number of aliphatic hydroxyl groups excluding tert-OH is 4. The van der Waals surface area contributed by atoms with Crippen LogP contribution in [-0.4, -0.2) is 95.6 Å². The number of rotatable bonds is 14. The van der Waals surface area contributed by atoms with Crippen molar-refractivity contribution in [3.63, 3.8) is 0 Å². The molecule has 2 atom stereocenters. The summed E-state index contributed by atoms with van der Waals surface area (Å²) in [5.41, 5.74) is 9.00. The first-order chi connectivity index (χ1) is 27.8. The summed E-state index contributed by atoms with van der Waals surface area (Å²) in [7, 11) is 1.43. The van der Waals surface area contributed by atoms with Crippen LogP contribution in [0.3, 0.4) is 0 Å². The van der Waals surface area contributed by atoms with Gasteiger partial charge in [-0.15, -0.1) is 0 Å². The number of aliphatic hydroxyl groups is 4. The van der Waals surface area contributed by atoms with Gasteiger partial charge in [0.25, 0.3) is 0 Å². The predicted molar refractivity (Wildman–Crippen MR) is 217 cm³/mol. The molecule has 5 N–H and O–H groups in total. The van der Waals surface area contributed by atoms with Crippen molar-refractivity contribution >= 4 is 34.9 Å². The van der Waals surface area contributed by atoms with E-state index >= 15 is 0 Å². The number of ether oxygens (including phenoxy) is 3. The number of Topliss-reactive ketones (excluding diaryl/α,β-unsaturated/α-hetero) is 1. The highest BCUT2D eigenvalue weighted by Crippen LogP contribution is 2.54. The first kappa shape index (κ1) is 41.8. The number of fused-ring (bicyclic) bond motifs is 7. The molecule has 304 valence electrons. The second kappa shape index (κ2) is 17.4. The van der Waals surface area contributed by atoms with E-state index in [0.29, 0.717) is 51.2 Å². The van der Waals surface area contributed by atoms with Gasteiger partial charge in [0.05, 0.1) is 46.8 Å². The van der Waals surface area contributed by atoms with Gasteiger partial charge in [0.15, 0.2) is 12.6 Å². The molecule has 1 aliphatic carbocycles. The van der Waals surface area contributed by atoms with Gasteiger partial charge in [0.2, 0.25) is 0 Å². The standard InChI is InChI=1S/C44H48N4O10/c1-7-26-23(2)32-17-37-30-11-8-29(38(52)20-50)43(39(53)21-51)44(30,5)40(48-37)19-33-25(4)28(10-13-42(55)58-22-56-6)36(47-33)18-35-27(9-12-41(54)57-15-14-49)24(3)31(46-35)16-34(26)45-32/h7-8,11,16-19,43,48-52H,1,9-10,12-15,20-22H2,2-6H3/t43-,44+/m0/s1. The van der Waals surface area contributed by atoms with Crippen molar-refractivity contribution in [1.29, 1.82) is 0 Å². The molecule has 5 aliphatic heterocycles. The molecule has 0 spiro atoms. The van der Waals surface area contributed by atoms with Crippen LogP contribution in [-0.2, 0) is 28.6 Å². The fourth-order valence-electron chi connectivity index (χ4n) is 8.10. The van der Waals surface area contributed by atoms with Crippen LogP contribution in [0.25, 0.3) is 0 Å². The average molecular weight is 793 g/mol. The smallest absolute Gasteiger partial charge is 0.308 e. The van der Waals surface area contributed by atoms with Gasteiger partial charge in [0.1, 0.15) is 25.6 Å². The highest BCUT2D eigenvalue weighted by atomic mass is 16.7. The summed E-state index contributed by atoms with van der Waals surface area (Å²) in [6.45, 7) is 9.55. The van der Waals surface area contributed by atoms with Crippen molar-refractivity contribution in [1.82, 2.24) is 5.32 Å². The number of hydrogen-bond acceptors (Lipinski definition) is 14. The zero-order valence-corrected chi connectivity index (χ0v) is 33.3. The van der Waals surface area contributed by atoms with Crippen LogP contribution in [0.4, 0.5) is 0 Å². The fourth-order valence-corrected chi connectivity index (χ4v) is 8.10. The van der Waals surface area contributed by atoms with Crippen LogP contribution in [0.2, 0.25) is 0 Å². The van der Waals surface area contributed by atoms with Crippen LogP contribution < -0.4 is 5.32 Å². The number of carbonyl (C=O) groups excluding carboxylic acids is 3. The minimum absolute atomic E-state index is 0.0183. The Morgan fingerprint density at radius 1 is 0.828 bits per heavy atom. The van der Waals surface area contributed by atoms with Crippen molar-refractivity contribution in [3.8, 4) is 0 Å². The zero-order chi connectivity index (χ0) is 41.9. The van der Waals surface area contributed by atoms with Crippen molar-refractivity contribution in [2.24, 2.45) is 26.3 Å². The lowest BCUT2D eigenvalue weighted by molar-refractivity contribution is -0.154. The van der Waals surface area contributed by atoms with Gasteiger partial charge in [-0.2, -0.15) is 0 Å². The lowest BCUT2D eigenvalue weighted by Crippen LogP contribution is -2.41. The van der Waals surface area contributed by atoms with Crippen molar-refractivity contribution in [2.45, 2.75) is 53.4 Å². The predicted octanol–water partition coefficient (Wildman–Crippen LogP) is 4.69. The molecule has 0 fully saturated rings. The Morgan fingerprint density at radius 3 is 2.16 bits per heavy atom. The van der Waals surface area contributed by atoms with E-state index in [1.165, 1.54) is 7.11 Å². The van der Waals surface area contributed by atoms with Crippen LogP contribution in [0.1, 0.15) is 53.4 Å². The second-order valence-electron chi connectivity index (χ2n) is 14.6. The van der Waals surface area contributed by atoms with Gasteiger partial charge < -0.3 is 40.0 Å². The first-order valence-corrected chi connectivity index (χ1v) is 19.0. The summed E-state index contributed by atoms with van der Waals surface area (Å²) in [5, 5.41) is 43.8. The molecule has 0 aromatic carbocycles. The third-order valence-electron chi connectivity index (χ3n) is 11.2. The maximum Gasteiger partial charge on any atom is 0.308 e. The van der Waals surface area contributed by atoms with Crippen molar-refractivity contribution in [3.05, 3.63) is 128 Å². The van der Waals surface area contributed by atoms with Gasteiger partial charge in [0, 0.05) is 47.9 Å². The Morgan fingerprint density at radius 2 is 1.48 bits per heavy atom. The lowest BCUT2D eigenvalue weighted by Gasteiger charge is -2.39. The number of esters is 2. The molecule has 0 aromatic rings. The quantitative estimate of drug-likeness (QED) is 0.0926. The number of allylic oxidation sites excluding steroid dienone is 15. The number of nitrogens with one attached hydrogen (secondary N) is 1. The summed E-state index contributed by atoms with van der Waals surface area (Å²) in [4.78, 5) is 54.3. The number of nitrogens with zero attached hydrogens (tertiary/aromatic N) is 3. The molecule has 0 amide bonds. The molecule has 14 heteroatoms. The van der Waals surface area contributed by atoms with E-state index < -0.39 is 42.3 Å². The minimum atomic E-state index is -1.19. The van der Waals surface area contributed by atoms with E-state index in [0.717, 1.165) is 33.4 Å². The molecule has 8 bridgehead atoms. The molecule has 0 aromatic heterocycles. The average Bonchev–Trinajstić information content (AvgIpc) is 3.87. The summed E-state index contributed by atoms with van der Waals surface area (Å²) in [6.07, 6.45) is 13.1. The van der Waals surface area contributed by atoms with E-state index in [-0.39, 0.29) is 57.0 Å². The SMILES string of the molecule is C=CC1=C(C)C2=CC3=C4C=CC(=C(O)CO)[C@@H](C(=O)CO)[C@@]4(C)C(=CC4=NC(=CC5=NC(=CC1=N2)C(C)=C5CCC(=O)OCCO)C(CCC(=O)OCOC)=C4C)N3. The molecular formula is C44H48N4O10. The molecule has 0 radical (unpaired) electrons. The van der Waals surface area contributed by atoms with Gasteiger partial charge in [-0.25, -0.2) is 15.0 Å². The van der Waals surface area contributed by atoms with Crippen molar-refractivity contribution in [2.75, 3.05) is 40.3 Å².